The van der Waals surface area contributed by atoms with Crippen molar-refractivity contribution in [2.45, 2.75) is 43.8 Å². The molecule has 2 aromatic rings. The van der Waals surface area contributed by atoms with E-state index in [1.54, 1.807) is 0 Å². The van der Waals surface area contributed by atoms with Crippen LogP contribution in [0.1, 0.15) is 30.9 Å². The maximum atomic E-state index is 12.6. The van der Waals surface area contributed by atoms with Crippen LogP contribution < -0.4 is 15.0 Å². The van der Waals surface area contributed by atoms with Crippen molar-refractivity contribution in [1.29, 1.82) is 0 Å². The van der Waals surface area contributed by atoms with Gasteiger partial charge in [-0.2, -0.15) is 0 Å². The summed E-state index contributed by atoms with van der Waals surface area (Å²) in [5.74, 6) is 0.243. The number of carbonyl (C=O) groups is 2. The molecule has 8 nitrogen and oxygen atoms in total. The molecule has 3 heterocycles. The van der Waals surface area contributed by atoms with Gasteiger partial charge in [-0.05, 0) is 55.6 Å². The fourth-order valence-corrected chi connectivity index (χ4v) is 5.73. The van der Waals surface area contributed by atoms with Gasteiger partial charge in [0, 0.05) is 24.7 Å². The third-order valence-corrected chi connectivity index (χ3v) is 7.45. The number of anilines is 1. The van der Waals surface area contributed by atoms with Crippen molar-refractivity contribution >= 4 is 17.7 Å². The summed E-state index contributed by atoms with van der Waals surface area (Å²) in [4.78, 5) is 35.5. The van der Waals surface area contributed by atoms with Gasteiger partial charge < -0.3 is 15.0 Å². The maximum Gasteiger partial charge on any atom is 0.413 e. The molecule has 34 heavy (non-hydrogen) atoms. The third kappa shape index (κ3) is 4.01. The van der Waals surface area contributed by atoms with Gasteiger partial charge in [-0.3, -0.25) is 14.5 Å². The number of hydrogen-bond acceptors (Lipinski definition) is 6. The minimum atomic E-state index is -0.643. The molecule has 2 aromatic carbocycles. The minimum absolute atomic E-state index is 0.00626. The highest BCUT2D eigenvalue weighted by Crippen LogP contribution is 2.51. The summed E-state index contributed by atoms with van der Waals surface area (Å²) in [6.45, 7) is 4.16. The molecular weight excluding hydrogens is 432 g/mol. The summed E-state index contributed by atoms with van der Waals surface area (Å²) < 4.78 is 5.59. The van der Waals surface area contributed by atoms with Crippen LogP contribution in [0.5, 0.6) is 5.75 Å². The minimum Gasteiger partial charge on any atom is -0.410 e. The van der Waals surface area contributed by atoms with E-state index >= 15 is 0 Å². The zero-order valence-corrected chi connectivity index (χ0v) is 20.0. The summed E-state index contributed by atoms with van der Waals surface area (Å²) >= 11 is 0. The van der Waals surface area contributed by atoms with E-state index in [1.165, 1.54) is 16.3 Å². The number of ether oxygens (including phenoxy) is 1. The van der Waals surface area contributed by atoms with Crippen molar-refractivity contribution in [3.8, 4) is 5.75 Å². The normalized spacial score (nSPS) is 26.0. The number of nitrogens with zero attached hydrogens (tertiary/aromatic N) is 3. The molecule has 180 valence electrons. The number of benzene rings is 2. The number of fused-ring (bicyclic) bond motifs is 3. The second-order valence-electron chi connectivity index (χ2n) is 9.70. The molecule has 8 heteroatoms. The fraction of sp³-hybridized carbons (Fsp3) is 0.462. The number of amides is 2. The molecule has 1 N–H and O–H groups in total. The Kier molecular flexibility index (Phi) is 5.95. The van der Waals surface area contributed by atoms with Gasteiger partial charge in [0.1, 0.15) is 11.8 Å². The van der Waals surface area contributed by atoms with Crippen LogP contribution in [0.4, 0.5) is 10.5 Å². The Morgan fingerprint density at radius 2 is 1.94 bits per heavy atom. The number of carbonyl (C=O) groups excluding carboxylic acids is 2. The highest BCUT2D eigenvalue weighted by atomic mass is 16.7. The van der Waals surface area contributed by atoms with Crippen LogP contribution in [0.3, 0.4) is 0 Å². The Balaban J connectivity index is 1.16. The van der Waals surface area contributed by atoms with Crippen molar-refractivity contribution < 1.29 is 19.2 Å². The van der Waals surface area contributed by atoms with E-state index in [0.717, 1.165) is 18.5 Å². The van der Waals surface area contributed by atoms with E-state index in [-0.39, 0.29) is 11.3 Å². The van der Waals surface area contributed by atoms with Crippen molar-refractivity contribution in [2.75, 3.05) is 38.7 Å². The summed E-state index contributed by atoms with van der Waals surface area (Å²) in [5, 5.41) is 4.05. The van der Waals surface area contributed by atoms with Crippen LogP contribution >= 0.6 is 0 Å². The largest absolute Gasteiger partial charge is 0.413 e. The van der Waals surface area contributed by atoms with Crippen molar-refractivity contribution in [3.05, 3.63) is 59.7 Å². The Labute approximate surface area is 200 Å². The van der Waals surface area contributed by atoms with Crippen LogP contribution in [-0.2, 0) is 21.5 Å². The second kappa shape index (κ2) is 8.92. The van der Waals surface area contributed by atoms with E-state index < -0.39 is 12.1 Å². The Morgan fingerprint density at radius 1 is 1.15 bits per heavy atom. The lowest BCUT2D eigenvalue weighted by Gasteiger charge is -2.32. The standard InChI is InChI=1S/C26H32N4O4/c1-26-13-15-28(2)24(26)29(3)22-10-9-19(17-20(22)26)34-25(32)27-21-11-14-30(23(21)31)33-16-12-18-7-5-4-6-8-18/h4-10,17,21,24H,11-16H2,1-3H3,(H,27,32)/t21-,24-,26+/m1/s1. The van der Waals surface area contributed by atoms with Crippen LogP contribution in [-0.4, -0.2) is 68.0 Å². The summed E-state index contributed by atoms with van der Waals surface area (Å²) in [5.41, 5.74) is 3.51. The molecule has 0 aromatic heterocycles. The first-order chi connectivity index (χ1) is 16.4. The van der Waals surface area contributed by atoms with Gasteiger partial charge in [0.05, 0.1) is 19.3 Å². The first-order valence-corrected chi connectivity index (χ1v) is 11.9. The van der Waals surface area contributed by atoms with Crippen LogP contribution in [0.2, 0.25) is 0 Å². The Bertz CT molecular complexity index is 1080. The molecule has 0 spiro atoms. The van der Waals surface area contributed by atoms with Gasteiger partial charge in [-0.25, -0.2) is 9.86 Å². The predicted molar refractivity (Wildman–Crippen MR) is 129 cm³/mol. The van der Waals surface area contributed by atoms with Crippen LogP contribution in [0.25, 0.3) is 0 Å². The Morgan fingerprint density at radius 3 is 2.74 bits per heavy atom. The van der Waals surface area contributed by atoms with Gasteiger partial charge in [-0.15, -0.1) is 0 Å². The SMILES string of the molecule is CN1CC[C@@]2(C)c3cc(OC(=O)N[C@@H]4CCN(OCCc5ccccc5)C4=O)ccc3N(C)[C@@H]12. The van der Waals surface area contributed by atoms with Crippen LogP contribution in [0.15, 0.2) is 48.5 Å². The number of hydrogen-bond donors (Lipinski definition) is 1. The number of nitrogens with one attached hydrogen (secondary N) is 1. The molecule has 0 radical (unpaired) electrons. The molecule has 2 amide bonds. The quantitative estimate of drug-likeness (QED) is 0.709. The molecular formula is C26H32N4O4. The highest BCUT2D eigenvalue weighted by molar-refractivity contribution is 5.87. The molecule has 2 saturated heterocycles. The lowest BCUT2D eigenvalue weighted by molar-refractivity contribution is -0.178. The van der Waals surface area contributed by atoms with Gasteiger partial charge >= 0.3 is 6.09 Å². The van der Waals surface area contributed by atoms with E-state index in [9.17, 15) is 9.59 Å². The lowest BCUT2D eigenvalue weighted by atomic mass is 9.81. The molecule has 0 unspecified atom stereocenters. The van der Waals surface area contributed by atoms with E-state index in [0.29, 0.717) is 37.9 Å². The van der Waals surface area contributed by atoms with Crippen molar-refractivity contribution in [1.82, 2.24) is 15.3 Å². The first-order valence-electron chi connectivity index (χ1n) is 11.9. The average molecular weight is 465 g/mol. The number of likely N-dealkylation sites (N-methyl/N-ethyl adjacent to an activating group) is 2. The van der Waals surface area contributed by atoms with Gasteiger partial charge in [-0.1, -0.05) is 37.3 Å². The van der Waals surface area contributed by atoms with Crippen molar-refractivity contribution in [3.63, 3.8) is 0 Å². The average Bonchev–Trinajstić information content (AvgIpc) is 3.40. The summed E-state index contributed by atoms with van der Waals surface area (Å²) in [6.07, 6.45) is 1.93. The molecule has 0 saturated carbocycles. The van der Waals surface area contributed by atoms with Gasteiger partial charge in [0.15, 0.2) is 0 Å². The molecule has 3 aliphatic heterocycles. The summed E-state index contributed by atoms with van der Waals surface area (Å²) in [6, 6.07) is 15.1. The highest BCUT2D eigenvalue weighted by Gasteiger charge is 2.52. The zero-order chi connectivity index (χ0) is 23.9. The van der Waals surface area contributed by atoms with E-state index in [1.807, 2.05) is 48.5 Å². The van der Waals surface area contributed by atoms with Gasteiger partial charge in [0.25, 0.3) is 5.91 Å². The zero-order valence-electron chi connectivity index (χ0n) is 20.0. The molecule has 0 aliphatic carbocycles. The number of hydroxylamine groups is 2. The topological polar surface area (TPSA) is 74.4 Å². The van der Waals surface area contributed by atoms with E-state index in [4.69, 9.17) is 9.57 Å². The molecule has 3 aliphatic rings. The first kappa shape index (κ1) is 22.7. The monoisotopic (exact) mass is 464 g/mol. The molecule has 5 rings (SSSR count). The van der Waals surface area contributed by atoms with Crippen LogP contribution in [0, 0.1) is 0 Å². The maximum absolute atomic E-state index is 12.6. The molecule has 0 bridgehead atoms. The lowest BCUT2D eigenvalue weighted by Crippen LogP contribution is -2.45. The number of rotatable bonds is 6. The Hall–Kier alpha value is -3.10. The fourth-order valence-electron chi connectivity index (χ4n) is 5.73. The summed E-state index contributed by atoms with van der Waals surface area (Å²) in [7, 11) is 4.26. The number of likely N-dealkylation sites (tertiary alicyclic amines) is 1. The van der Waals surface area contributed by atoms with E-state index in [2.05, 4.69) is 36.1 Å². The predicted octanol–water partition coefficient (Wildman–Crippen LogP) is 2.92. The smallest absolute Gasteiger partial charge is 0.410 e. The van der Waals surface area contributed by atoms with Gasteiger partial charge in [0.2, 0.25) is 0 Å². The second-order valence-corrected chi connectivity index (χ2v) is 9.70. The molecule has 2 fully saturated rings. The van der Waals surface area contributed by atoms with Crippen molar-refractivity contribution in [2.24, 2.45) is 0 Å². The third-order valence-electron chi connectivity index (χ3n) is 7.45. The molecule has 3 atom stereocenters.